The van der Waals surface area contributed by atoms with E-state index in [4.69, 9.17) is 9.47 Å². The minimum atomic E-state index is -0.991. The van der Waals surface area contributed by atoms with Gasteiger partial charge in [-0.3, -0.25) is 5.11 Å². The second kappa shape index (κ2) is 11.0. The van der Waals surface area contributed by atoms with Gasteiger partial charge in [-0.2, -0.15) is 0 Å². The molecule has 0 saturated heterocycles. The van der Waals surface area contributed by atoms with Crippen molar-refractivity contribution in [1.29, 1.82) is 0 Å². The molecule has 3 aromatic rings. The molecular formula is C36H41NO6. The minimum Gasteiger partial charge on any atom is -0.423 e. The van der Waals surface area contributed by atoms with Gasteiger partial charge in [0, 0.05) is 11.1 Å². The van der Waals surface area contributed by atoms with E-state index < -0.39 is 33.8 Å². The van der Waals surface area contributed by atoms with Crippen LogP contribution >= 0.6 is 0 Å². The number of hydroxylamine groups is 2. The molecule has 0 unspecified atom stereocenters. The van der Waals surface area contributed by atoms with Crippen molar-refractivity contribution in [3.8, 4) is 28.4 Å². The van der Waals surface area contributed by atoms with E-state index in [9.17, 15) is 19.9 Å². The Hall–Kier alpha value is -3.94. The number of nitrogens with zero attached hydrogens (tertiary/aromatic N) is 1. The Balaban J connectivity index is 1.48. The standard InChI is InChI=1S/C36H41NO6/c1-33(2,3)27-19-24(20-28(30(27)38)34(4,5)6)31(39)42-25-15-11-22(12-16-25)23-13-17-26(18-14-23)43-32(40)29-21-35(7,8)37(41)36(29,9)10/h11-21H,1-10H3. The third kappa shape index (κ3) is 6.53. The second-order valence-electron chi connectivity index (χ2n) is 14.3. The Morgan fingerprint density at radius 2 is 1.07 bits per heavy atom. The van der Waals surface area contributed by atoms with Crippen molar-refractivity contribution in [3.05, 3.63) is 89.0 Å². The highest BCUT2D eigenvalue weighted by atomic mass is 16.5. The highest BCUT2D eigenvalue weighted by Gasteiger charge is 2.49. The monoisotopic (exact) mass is 583 g/mol. The summed E-state index contributed by atoms with van der Waals surface area (Å²) in [6, 6.07) is 17.4. The fourth-order valence-electron chi connectivity index (χ4n) is 5.35. The minimum absolute atomic E-state index is 0.0424. The van der Waals surface area contributed by atoms with Crippen molar-refractivity contribution >= 4 is 11.9 Å². The van der Waals surface area contributed by atoms with Crippen LogP contribution in [0.2, 0.25) is 0 Å². The molecule has 226 valence electrons. The number of carbonyl (C=O) groups excluding carboxylic acids is 2. The van der Waals surface area contributed by atoms with Crippen LogP contribution in [0, 0.1) is 0 Å². The lowest BCUT2D eigenvalue weighted by atomic mass is 9.78. The molecule has 0 fully saturated rings. The lowest BCUT2D eigenvalue weighted by Crippen LogP contribution is -2.47. The summed E-state index contributed by atoms with van der Waals surface area (Å²) in [7, 11) is 0. The zero-order valence-corrected chi connectivity index (χ0v) is 26.7. The number of ether oxygens (including phenoxy) is 2. The maximum atomic E-state index is 13.2. The van der Waals surface area contributed by atoms with Crippen molar-refractivity contribution in [2.45, 2.75) is 91.1 Å². The smallest absolute Gasteiger partial charge is 0.343 e. The van der Waals surface area contributed by atoms with Crippen LogP contribution in [-0.2, 0) is 25.9 Å². The first-order chi connectivity index (χ1) is 19.7. The highest BCUT2D eigenvalue weighted by molar-refractivity contribution is 5.94. The molecule has 0 bridgehead atoms. The van der Waals surface area contributed by atoms with Gasteiger partial charge >= 0.3 is 11.9 Å². The fraction of sp³-hybridized carbons (Fsp3) is 0.389. The van der Waals surface area contributed by atoms with Gasteiger partial charge in [-0.15, -0.1) is 10.3 Å². The van der Waals surface area contributed by atoms with Gasteiger partial charge in [0.1, 0.15) is 11.5 Å². The van der Waals surface area contributed by atoms with Gasteiger partial charge in [-0.1, -0.05) is 65.8 Å². The highest BCUT2D eigenvalue weighted by Crippen LogP contribution is 2.41. The molecule has 7 heteroatoms. The summed E-state index contributed by atoms with van der Waals surface area (Å²) in [6.45, 7) is 18.7. The van der Waals surface area contributed by atoms with E-state index in [1.54, 1.807) is 70.2 Å². The van der Waals surface area contributed by atoms with E-state index in [1.165, 1.54) is 0 Å². The van der Waals surface area contributed by atoms with Crippen LogP contribution < -0.4 is 9.47 Å². The van der Waals surface area contributed by atoms with Crippen LogP contribution in [0.15, 0.2) is 72.3 Å². The Morgan fingerprint density at radius 1 is 0.674 bits per heavy atom. The number of hydrogen-bond donors (Lipinski definition) is 0. The maximum Gasteiger partial charge on any atom is 0.343 e. The predicted molar refractivity (Wildman–Crippen MR) is 165 cm³/mol. The zero-order chi connectivity index (χ0) is 32.1. The lowest BCUT2D eigenvalue weighted by Gasteiger charge is -2.33. The molecule has 43 heavy (non-hydrogen) atoms. The van der Waals surface area contributed by atoms with Crippen LogP contribution in [0.3, 0.4) is 0 Å². The first kappa shape index (κ1) is 32.0. The van der Waals surface area contributed by atoms with Crippen LogP contribution in [-0.4, -0.2) is 28.1 Å². The van der Waals surface area contributed by atoms with Gasteiger partial charge in [0.05, 0.1) is 22.2 Å². The quantitative estimate of drug-likeness (QED) is 0.222. The fourth-order valence-corrected chi connectivity index (χ4v) is 5.35. The molecule has 2 radical (unpaired) electrons. The first-order valence-corrected chi connectivity index (χ1v) is 14.4. The van der Waals surface area contributed by atoms with Crippen molar-refractivity contribution in [2.75, 3.05) is 0 Å². The number of carbonyl (C=O) groups is 2. The van der Waals surface area contributed by atoms with Crippen LogP contribution in [0.5, 0.6) is 17.2 Å². The summed E-state index contributed by atoms with van der Waals surface area (Å²) in [5.74, 6) is -0.378. The van der Waals surface area contributed by atoms with Crippen molar-refractivity contribution < 1.29 is 29.4 Å². The Morgan fingerprint density at radius 3 is 1.42 bits per heavy atom. The van der Waals surface area contributed by atoms with Crippen molar-refractivity contribution in [2.24, 2.45) is 0 Å². The number of esters is 2. The molecule has 0 amide bonds. The number of rotatable bonds is 5. The third-order valence-electron chi connectivity index (χ3n) is 7.81. The third-order valence-corrected chi connectivity index (χ3v) is 7.81. The van der Waals surface area contributed by atoms with Crippen molar-refractivity contribution in [1.82, 2.24) is 5.06 Å². The molecule has 0 N–H and O–H groups in total. The normalized spacial score (nSPS) is 16.5. The lowest BCUT2D eigenvalue weighted by molar-refractivity contribution is -0.238. The molecule has 3 aromatic carbocycles. The van der Waals surface area contributed by atoms with Crippen LogP contribution in [0.25, 0.3) is 11.1 Å². The summed E-state index contributed by atoms with van der Waals surface area (Å²) < 4.78 is 11.3. The SMILES string of the molecule is CC(C)(C)c1cc(C(=O)Oc2ccc(-c3ccc(OC(=O)C4=CC(C)(C)N([O])C4(C)C)cc3)cc2)cc(C(C)(C)C)c1[O]. The molecule has 4 rings (SSSR count). The summed E-state index contributed by atoms with van der Waals surface area (Å²) in [4.78, 5) is 26.0. The Labute approximate surface area is 254 Å². The van der Waals surface area contributed by atoms with Gasteiger partial charge < -0.3 is 9.47 Å². The summed E-state index contributed by atoms with van der Waals surface area (Å²) in [5, 5.41) is 26.7. The second-order valence-corrected chi connectivity index (χ2v) is 14.3. The average molecular weight is 584 g/mol. The molecule has 1 aliphatic heterocycles. The molecule has 0 atom stereocenters. The van der Waals surface area contributed by atoms with Crippen LogP contribution in [0.1, 0.15) is 90.7 Å². The maximum absolute atomic E-state index is 13.2. The van der Waals surface area contributed by atoms with Gasteiger partial charge in [0.2, 0.25) is 0 Å². The van der Waals surface area contributed by atoms with E-state index in [0.29, 0.717) is 33.8 Å². The Bertz CT molecular complexity index is 1530. The van der Waals surface area contributed by atoms with Gasteiger partial charge in [0.15, 0.2) is 5.75 Å². The van der Waals surface area contributed by atoms with Gasteiger partial charge in [0.25, 0.3) is 0 Å². The van der Waals surface area contributed by atoms with E-state index in [1.807, 2.05) is 65.8 Å². The van der Waals surface area contributed by atoms with E-state index in [0.717, 1.165) is 16.2 Å². The molecular weight excluding hydrogens is 542 g/mol. The Kier molecular flexibility index (Phi) is 8.15. The molecule has 0 aromatic heterocycles. The number of benzene rings is 3. The molecule has 1 heterocycles. The van der Waals surface area contributed by atoms with Crippen molar-refractivity contribution in [3.63, 3.8) is 0 Å². The predicted octanol–water partition coefficient (Wildman–Crippen LogP) is 8.36. The van der Waals surface area contributed by atoms with Crippen LogP contribution in [0.4, 0.5) is 0 Å². The molecule has 0 aliphatic carbocycles. The summed E-state index contributed by atoms with van der Waals surface area (Å²) in [5.41, 5.74) is 0.936. The van der Waals surface area contributed by atoms with E-state index >= 15 is 0 Å². The average Bonchev–Trinajstić information content (AvgIpc) is 3.07. The topological polar surface area (TPSA) is 95.6 Å². The summed E-state index contributed by atoms with van der Waals surface area (Å²) >= 11 is 0. The first-order valence-electron chi connectivity index (χ1n) is 14.4. The molecule has 1 aliphatic rings. The zero-order valence-electron chi connectivity index (χ0n) is 26.7. The molecule has 0 spiro atoms. The number of hydrogen-bond acceptors (Lipinski definition) is 5. The van der Waals surface area contributed by atoms with Gasteiger partial charge in [-0.25, -0.2) is 9.59 Å². The molecule has 7 nitrogen and oxygen atoms in total. The van der Waals surface area contributed by atoms with E-state index in [-0.39, 0.29) is 5.75 Å². The van der Waals surface area contributed by atoms with E-state index in [2.05, 4.69) is 0 Å². The summed E-state index contributed by atoms with van der Waals surface area (Å²) in [6.07, 6.45) is 1.66. The largest absolute Gasteiger partial charge is 0.423 e. The molecule has 0 saturated carbocycles. The van der Waals surface area contributed by atoms with Gasteiger partial charge in [-0.05, 0) is 92.1 Å².